The molecule has 238 valence electrons. The van der Waals surface area contributed by atoms with Crippen LogP contribution in [0.25, 0.3) is 0 Å². The minimum Gasteiger partial charge on any atom is -0.480 e. The fraction of sp³-hybridized carbons (Fsp3) is 0.267. The van der Waals surface area contributed by atoms with Crippen molar-refractivity contribution in [2.24, 2.45) is 0 Å². The second-order valence-corrected chi connectivity index (χ2v) is 11.5. The lowest BCUT2D eigenvalue weighted by atomic mass is 10.0. The largest absolute Gasteiger partial charge is 0.480 e. The summed E-state index contributed by atoms with van der Waals surface area (Å²) in [4.78, 5) is 101. The molecule has 15 nitrogen and oxygen atoms in total. The zero-order valence-electron chi connectivity index (χ0n) is 23.7. The summed E-state index contributed by atoms with van der Waals surface area (Å²) in [5.74, 6) is -8.03. The molecule has 0 radical (unpaired) electrons. The van der Waals surface area contributed by atoms with Gasteiger partial charge in [-0.3, -0.25) is 29.0 Å². The number of ether oxygens (including phenoxy) is 1. The Labute approximate surface area is 263 Å². The number of carboxylic acid groups (broad SMARTS) is 3. The van der Waals surface area contributed by atoms with E-state index in [2.05, 4.69) is 5.32 Å². The number of thioether (sulfide) groups is 1. The number of esters is 1. The minimum atomic E-state index is -1.51. The number of hydrogen-bond donors (Lipinski definition) is 4. The first-order valence-corrected chi connectivity index (χ1v) is 14.9. The number of carbonyl (C=O) groups excluding carboxylic acids is 5. The van der Waals surface area contributed by atoms with Gasteiger partial charge < -0.3 is 25.4 Å². The van der Waals surface area contributed by atoms with Gasteiger partial charge in [-0.2, -0.15) is 0 Å². The summed E-state index contributed by atoms with van der Waals surface area (Å²) in [5, 5.41) is 30.6. The Balaban J connectivity index is 1.17. The maximum atomic E-state index is 13.0. The fourth-order valence-corrected chi connectivity index (χ4v) is 6.76. The van der Waals surface area contributed by atoms with Crippen LogP contribution in [-0.4, -0.2) is 102 Å². The fourth-order valence-electron chi connectivity index (χ4n) is 5.43. The summed E-state index contributed by atoms with van der Waals surface area (Å²) >= 11 is 1.12. The molecule has 1 saturated heterocycles. The highest BCUT2D eigenvalue weighted by atomic mass is 32.2. The van der Waals surface area contributed by atoms with E-state index in [1.807, 2.05) is 0 Å². The lowest BCUT2D eigenvalue weighted by Crippen LogP contribution is -2.70. The minimum absolute atomic E-state index is 0.0247. The number of aromatic carboxylic acids is 1. The van der Waals surface area contributed by atoms with Crippen molar-refractivity contribution < 1.29 is 58.4 Å². The Morgan fingerprint density at radius 2 is 1.50 bits per heavy atom. The molecule has 1 fully saturated rings. The molecule has 1 unspecified atom stereocenters. The zero-order chi connectivity index (χ0) is 33.3. The van der Waals surface area contributed by atoms with E-state index >= 15 is 0 Å². The van der Waals surface area contributed by atoms with Crippen LogP contribution in [0.1, 0.15) is 60.7 Å². The molecule has 0 bridgehead atoms. The van der Waals surface area contributed by atoms with Crippen molar-refractivity contribution >= 4 is 59.3 Å². The van der Waals surface area contributed by atoms with Crippen LogP contribution in [0.2, 0.25) is 0 Å². The molecule has 3 atom stereocenters. The Hall–Kier alpha value is -5.51. The van der Waals surface area contributed by atoms with Crippen LogP contribution in [-0.2, 0) is 23.9 Å². The third-order valence-corrected chi connectivity index (χ3v) is 8.96. The highest BCUT2D eigenvalue weighted by Crippen LogP contribution is 2.40. The standard InChI is InChI=1S/C30H25N3O12S/c34-20(11-5-10-19(28(40)41)32-23(35)15-6-1-2-7-16(15)24(32)36)31-21-25(37)33-22(29(42)43)14(13-46-26(21)33)12-45-30(44)18-9-4-3-8-17(18)27(38)39/h1-4,6-9,19,21,26H,5,10-13H2,(H,31,34)(H,38,39)(H,40,41)(H,42,43)/t19?,21-,26+/m1/s1. The molecule has 0 aromatic heterocycles. The van der Waals surface area contributed by atoms with Gasteiger partial charge in [0, 0.05) is 17.7 Å². The van der Waals surface area contributed by atoms with Gasteiger partial charge in [0.15, 0.2) is 0 Å². The van der Waals surface area contributed by atoms with Crippen LogP contribution in [0.4, 0.5) is 0 Å². The lowest BCUT2D eigenvalue weighted by molar-refractivity contribution is -0.150. The number of nitrogens with zero attached hydrogens (tertiary/aromatic N) is 2. The van der Waals surface area contributed by atoms with Crippen LogP contribution in [0.3, 0.4) is 0 Å². The molecule has 3 aliphatic rings. The van der Waals surface area contributed by atoms with Crippen molar-refractivity contribution in [2.75, 3.05) is 12.4 Å². The van der Waals surface area contributed by atoms with Gasteiger partial charge in [-0.05, 0) is 37.1 Å². The molecule has 0 aliphatic carbocycles. The molecule has 46 heavy (non-hydrogen) atoms. The Bertz CT molecular complexity index is 1700. The molecule has 4 amide bonds. The van der Waals surface area contributed by atoms with Gasteiger partial charge in [-0.15, -0.1) is 11.8 Å². The third-order valence-electron chi connectivity index (χ3n) is 7.62. The number of benzene rings is 2. The molecule has 0 saturated carbocycles. The highest BCUT2D eigenvalue weighted by Gasteiger charge is 2.54. The topological polar surface area (TPSA) is 225 Å². The molecule has 2 aromatic rings. The van der Waals surface area contributed by atoms with Crippen LogP contribution < -0.4 is 5.32 Å². The molecular weight excluding hydrogens is 626 g/mol. The zero-order valence-corrected chi connectivity index (χ0v) is 24.5. The van der Waals surface area contributed by atoms with E-state index in [0.717, 1.165) is 16.7 Å². The molecule has 4 N–H and O–H groups in total. The maximum absolute atomic E-state index is 13.0. The average molecular weight is 652 g/mol. The Kier molecular flexibility index (Phi) is 8.91. The van der Waals surface area contributed by atoms with Crippen LogP contribution in [0.15, 0.2) is 59.8 Å². The van der Waals surface area contributed by atoms with Crippen molar-refractivity contribution in [2.45, 2.75) is 36.7 Å². The van der Waals surface area contributed by atoms with E-state index in [0.29, 0.717) is 4.90 Å². The predicted octanol–water partition coefficient (Wildman–Crippen LogP) is 1.20. The number of fused-ring (bicyclic) bond motifs is 2. The first-order chi connectivity index (χ1) is 21.9. The van der Waals surface area contributed by atoms with Crippen LogP contribution in [0.5, 0.6) is 0 Å². The number of rotatable bonds is 12. The van der Waals surface area contributed by atoms with E-state index in [9.17, 15) is 53.7 Å². The number of carboxylic acids is 3. The lowest BCUT2D eigenvalue weighted by Gasteiger charge is -2.49. The smallest absolute Gasteiger partial charge is 0.352 e. The van der Waals surface area contributed by atoms with E-state index in [-0.39, 0.29) is 52.8 Å². The number of carbonyl (C=O) groups is 8. The van der Waals surface area contributed by atoms with Gasteiger partial charge in [-0.1, -0.05) is 24.3 Å². The van der Waals surface area contributed by atoms with Crippen LogP contribution >= 0.6 is 11.8 Å². The predicted molar refractivity (Wildman–Crippen MR) is 156 cm³/mol. The van der Waals surface area contributed by atoms with Crippen molar-refractivity contribution in [3.63, 3.8) is 0 Å². The first kappa shape index (κ1) is 31.9. The number of aliphatic carboxylic acids is 2. The van der Waals surface area contributed by atoms with Gasteiger partial charge in [0.2, 0.25) is 5.91 Å². The number of imide groups is 1. The molecule has 3 heterocycles. The Morgan fingerprint density at radius 3 is 2.09 bits per heavy atom. The van der Waals surface area contributed by atoms with Gasteiger partial charge in [0.1, 0.15) is 29.8 Å². The second-order valence-electron chi connectivity index (χ2n) is 10.4. The van der Waals surface area contributed by atoms with Gasteiger partial charge in [0.25, 0.3) is 17.7 Å². The third kappa shape index (κ3) is 5.81. The Morgan fingerprint density at radius 1 is 0.891 bits per heavy atom. The summed E-state index contributed by atoms with van der Waals surface area (Å²) in [7, 11) is 0. The van der Waals surface area contributed by atoms with Crippen molar-refractivity contribution in [1.29, 1.82) is 0 Å². The van der Waals surface area contributed by atoms with Crippen molar-refractivity contribution in [1.82, 2.24) is 15.1 Å². The normalized spacial score (nSPS) is 19.2. The summed E-state index contributed by atoms with van der Waals surface area (Å²) < 4.78 is 5.19. The number of β-lactam (4-membered cyclic amide) rings is 1. The SMILES string of the molecule is O=C(CCCC(C(=O)O)N1C(=O)c2ccccc2C1=O)N[C@@H]1C(=O)N2C(C(=O)O)=C(COC(=O)c3ccccc3C(=O)O)CS[C@@H]12. The maximum Gasteiger partial charge on any atom is 0.352 e. The van der Waals surface area contributed by atoms with Crippen molar-refractivity contribution in [3.8, 4) is 0 Å². The van der Waals surface area contributed by atoms with Gasteiger partial charge in [-0.25, -0.2) is 19.2 Å². The van der Waals surface area contributed by atoms with Gasteiger partial charge in [0.05, 0.1) is 22.3 Å². The summed E-state index contributed by atoms with van der Waals surface area (Å²) in [6.07, 6.45) is -0.504. The monoisotopic (exact) mass is 651 g/mol. The second kappa shape index (κ2) is 12.8. The molecule has 16 heteroatoms. The van der Waals surface area contributed by atoms with E-state index in [1.54, 1.807) is 12.1 Å². The van der Waals surface area contributed by atoms with E-state index in [1.165, 1.54) is 36.4 Å². The van der Waals surface area contributed by atoms with E-state index in [4.69, 9.17) is 4.74 Å². The van der Waals surface area contributed by atoms with Gasteiger partial charge >= 0.3 is 23.9 Å². The van der Waals surface area contributed by atoms with E-state index < -0.39 is 77.3 Å². The summed E-state index contributed by atoms with van der Waals surface area (Å²) in [5.41, 5.74) is -0.653. The number of nitrogens with one attached hydrogen (secondary N) is 1. The number of hydrogen-bond acceptors (Lipinski definition) is 10. The summed E-state index contributed by atoms with van der Waals surface area (Å²) in [6.45, 7) is -0.521. The molecule has 5 rings (SSSR count). The number of amides is 4. The highest BCUT2D eigenvalue weighted by molar-refractivity contribution is 8.00. The average Bonchev–Trinajstić information content (AvgIpc) is 3.28. The molecule has 3 aliphatic heterocycles. The van der Waals surface area contributed by atoms with Crippen molar-refractivity contribution in [3.05, 3.63) is 82.1 Å². The summed E-state index contributed by atoms with van der Waals surface area (Å²) in [6, 6.07) is 8.70. The molecular formula is C30H25N3O12S. The molecule has 2 aromatic carbocycles. The van der Waals surface area contributed by atoms with Crippen LogP contribution in [0, 0.1) is 0 Å². The first-order valence-electron chi connectivity index (χ1n) is 13.8. The molecule has 0 spiro atoms. The quantitative estimate of drug-likeness (QED) is 0.144.